The molecule has 1 N–H and O–H groups in total. The maximum absolute atomic E-state index is 4.29. The van der Waals surface area contributed by atoms with E-state index >= 15 is 0 Å². The van der Waals surface area contributed by atoms with E-state index in [-0.39, 0.29) is 0 Å². The molecule has 0 amide bonds. The molecule has 0 fully saturated rings. The summed E-state index contributed by atoms with van der Waals surface area (Å²) >= 11 is 0. The third-order valence-electron chi connectivity index (χ3n) is 2.63. The Morgan fingerprint density at radius 1 is 1.38 bits per heavy atom. The first-order valence-electron chi connectivity index (χ1n) is 4.56. The van der Waals surface area contributed by atoms with E-state index < -0.39 is 0 Å². The number of nitrogens with one attached hydrogen (secondary N) is 1. The number of hydrogen-bond acceptors (Lipinski definition) is 3. The zero-order valence-electron chi connectivity index (χ0n) is 7.27. The van der Waals surface area contributed by atoms with Crippen molar-refractivity contribution >= 4 is 17.7 Å². The molecule has 1 aromatic rings. The molecule has 13 heavy (non-hydrogen) atoms. The summed E-state index contributed by atoms with van der Waals surface area (Å²) < 4.78 is 0. The van der Waals surface area contributed by atoms with E-state index in [9.17, 15) is 0 Å². The van der Waals surface area contributed by atoms with Gasteiger partial charge in [0.1, 0.15) is 0 Å². The Bertz CT molecular complexity index is 359. The van der Waals surface area contributed by atoms with E-state index in [0.717, 1.165) is 13.1 Å². The lowest BCUT2D eigenvalue weighted by molar-refractivity contribution is 0.728. The zero-order valence-corrected chi connectivity index (χ0v) is 7.27. The van der Waals surface area contributed by atoms with Gasteiger partial charge in [0.05, 0.1) is 30.3 Å². The summed E-state index contributed by atoms with van der Waals surface area (Å²) in [6.07, 6.45) is 1.95. The third kappa shape index (κ3) is 0.932. The molecule has 0 radical (unpaired) electrons. The predicted molar refractivity (Wildman–Crippen MR) is 54.6 cm³/mol. The number of para-hydroxylation sites is 2. The van der Waals surface area contributed by atoms with Crippen LogP contribution >= 0.6 is 0 Å². The average Bonchev–Trinajstić information content (AvgIpc) is 2.65. The van der Waals surface area contributed by atoms with Crippen LogP contribution in [0.4, 0.5) is 11.4 Å². The molecule has 1 aromatic carbocycles. The van der Waals surface area contributed by atoms with Crippen molar-refractivity contribution in [1.29, 1.82) is 0 Å². The van der Waals surface area contributed by atoms with Crippen molar-refractivity contribution < 1.29 is 0 Å². The minimum atomic E-state index is 0.523. The summed E-state index contributed by atoms with van der Waals surface area (Å²) in [5.41, 5.74) is 2.46. The van der Waals surface area contributed by atoms with Crippen molar-refractivity contribution in [2.24, 2.45) is 4.99 Å². The molecule has 0 aliphatic carbocycles. The number of fused-ring (bicyclic) bond motifs is 3. The van der Waals surface area contributed by atoms with E-state index in [0.29, 0.717) is 6.04 Å². The van der Waals surface area contributed by atoms with E-state index in [1.165, 1.54) is 11.4 Å². The van der Waals surface area contributed by atoms with Gasteiger partial charge in [-0.15, -0.1) is 0 Å². The van der Waals surface area contributed by atoms with Gasteiger partial charge in [-0.1, -0.05) is 12.1 Å². The Morgan fingerprint density at radius 3 is 3.31 bits per heavy atom. The monoisotopic (exact) mass is 173 g/mol. The molecule has 1 atom stereocenters. The topological polar surface area (TPSA) is 27.6 Å². The summed E-state index contributed by atoms with van der Waals surface area (Å²) in [7, 11) is 0. The van der Waals surface area contributed by atoms with Crippen molar-refractivity contribution in [2.45, 2.75) is 6.04 Å². The molecule has 1 unspecified atom stereocenters. The average molecular weight is 173 g/mol. The minimum Gasteiger partial charge on any atom is -0.381 e. The van der Waals surface area contributed by atoms with Crippen molar-refractivity contribution in [1.82, 2.24) is 0 Å². The highest BCUT2D eigenvalue weighted by Gasteiger charge is 2.27. The molecular weight excluding hydrogens is 162 g/mol. The predicted octanol–water partition coefficient (Wildman–Crippen LogP) is 1.33. The summed E-state index contributed by atoms with van der Waals surface area (Å²) in [5.74, 6) is 0. The Hall–Kier alpha value is -1.51. The number of benzene rings is 1. The van der Waals surface area contributed by atoms with Crippen LogP contribution in [0.3, 0.4) is 0 Å². The van der Waals surface area contributed by atoms with Gasteiger partial charge < -0.3 is 10.2 Å². The number of hydrogen-bond donors (Lipinski definition) is 1. The van der Waals surface area contributed by atoms with Gasteiger partial charge in [-0.2, -0.15) is 0 Å². The third-order valence-corrected chi connectivity index (χ3v) is 2.63. The maximum atomic E-state index is 4.29. The first-order chi connectivity index (χ1) is 6.45. The first-order valence-corrected chi connectivity index (χ1v) is 4.56. The van der Waals surface area contributed by atoms with Gasteiger partial charge in [0.2, 0.25) is 0 Å². The lowest BCUT2D eigenvalue weighted by atomic mass is 10.1. The van der Waals surface area contributed by atoms with Crippen molar-refractivity contribution in [2.75, 3.05) is 23.3 Å². The highest BCUT2D eigenvalue weighted by Crippen LogP contribution is 2.31. The highest BCUT2D eigenvalue weighted by molar-refractivity contribution is 5.89. The fraction of sp³-hybridized carbons (Fsp3) is 0.300. The van der Waals surface area contributed by atoms with Crippen molar-refractivity contribution in [3.05, 3.63) is 24.3 Å². The lowest BCUT2D eigenvalue weighted by Gasteiger charge is -2.32. The molecule has 0 saturated heterocycles. The van der Waals surface area contributed by atoms with Crippen LogP contribution < -0.4 is 10.2 Å². The first kappa shape index (κ1) is 6.95. The standard InChI is InChI=1S/C10H11N3/c1-2-4-10-9(3-1)12-6-8-5-11-7-13(8)10/h1-4,7-8,12H,5-6H2. The molecule has 2 aliphatic heterocycles. The van der Waals surface area contributed by atoms with Gasteiger partial charge >= 0.3 is 0 Å². The van der Waals surface area contributed by atoms with Gasteiger partial charge in [0.25, 0.3) is 0 Å². The molecule has 0 saturated carbocycles. The quantitative estimate of drug-likeness (QED) is 0.641. The molecule has 3 heteroatoms. The SMILES string of the molecule is C1=NCC2CNc3ccccc3N12. The smallest absolute Gasteiger partial charge is 0.0899 e. The van der Waals surface area contributed by atoms with Crippen LogP contribution in [0.1, 0.15) is 0 Å². The Labute approximate surface area is 77.1 Å². The van der Waals surface area contributed by atoms with Gasteiger partial charge in [-0.25, -0.2) is 0 Å². The van der Waals surface area contributed by atoms with E-state index in [1.807, 2.05) is 6.34 Å². The van der Waals surface area contributed by atoms with Crippen molar-refractivity contribution in [3.63, 3.8) is 0 Å². The molecule has 0 bridgehead atoms. The summed E-state index contributed by atoms with van der Waals surface area (Å²) in [6.45, 7) is 1.92. The number of aliphatic imine (C=N–C) groups is 1. The van der Waals surface area contributed by atoms with Crippen LogP contribution in [0.25, 0.3) is 0 Å². The van der Waals surface area contributed by atoms with Crippen LogP contribution in [-0.2, 0) is 0 Å². The summed E-state index contributed by atoms with van der Waals surface area (Å²) in [5, 5.41) is 3.41. The van der Waals surface area contributed by atoms with E-state index in [2.05, 4.69) is 39.5 Å². The second kappa shape index (κ2) is 2.49. The van der Waals surface area contributed by atoms with E-state index in [4.69, 9.17) is 0 Å². The molecular formula is C10H11N3. The van der Waals surface area contributed by atoms with Crippen LogP contribution in [0.15, 0.2) is 29.3 Å². The van der Waals surface area contributed by atoms with Gasteiger partial charge in [0.15, 0.2) is 0 Å². The normalized spacial score (nSPS) is 23.7. The fourth-order valence-electron chi connectivity index (χ4n) is 1.94. The molecule has 3 nitrogen and oxygen atoms in total. The number of anilines is 2. The van der Waals surface area contributed by atoms with Crippen molar-refractivity contribution in [3.8, 4) is 0 Å². The molecule has 2 aliphatic rings. The second-order valence-corrected chi connectivity index (χ2v) is 3.44. The van der Waals surface area contributed by atoms with Crippen LogP contribution in [-0.4, -0.2) is 25.5 Å². The Balaban J connectivity index is 2.10. The molecule has 0 spiro atoms. The highest BCUT2D eigenvalue weighted by atomic mass is 15.3. The molecule has 0 aromatic heterocycles. The maximum Gasteiger partial charge on any atom is 0.0899 e. The van der Waals surface area contributed by atoms with Crippen LogP contribution in [0.2, 0.25) is 0 Å². The lowest BCUT2D eigenvalue weighted by Crippen LogP contribution is -2.41. The Morgan fingerprint density at radius 2 is 2.31 bits per heavy atom. The van der Waals surface area contributed by atoms with Crippen LogP contribution in [0.5, 0.6) is 0 Å². The zero-order chi connectivity index (χ0) is 8.67. The van der Waals surface area contributed by atoms with Gasteiger partial charge in [0, 0.05) is 6.54 Å². The molecule has 2 heterocycles. The van der Waals surface area contributed by atoms with Gasteiger partial charge in [-0.3, -0.25) is 4.99 Å². The summed E-state index contributed by atoms with van der Waals surface area (Å²) in [4.78, 5) is 6.54. The van der Waals surface area contributed by atoms with E-state index in [1.54, 1.807) is 0 Å². The van der Waals surface area contributed by atoms with Crippen LogP contribution in [0, 0.1) is 0 Å². The number of nitrogens with zero attached hydrogens (tertiary/aromatic N) is 2. The summed E-state index contributed by atoms with van der Waals surface area (Å²) in [6, 6.07) is 8.88. The number of rotatable bonds is 0. The minimum absolute atomic E-state index is 0.523. The molecule has 66 valence electrons. The Kier molecular flexibility index (Phi) is 1.33. The second-order valence-electron chi connectivity index (χ2n) is 3.44. The molecule has 3 rings (SSSR count). The van der Waals surface area contributed by atoms with Gasteiger partial charge in [-0.05, 0) is 12.1 Å². The fourth-order valence-corrected chi connectivity index (χ4v) is 1.94. The largest absolute Gasteiger partial charge is 0.381 e.